The lowest BCUT2D eigenvalue weighted by Crippen LogP contribution is -2.11. The van der Waals surface area contributed by atoms with E-state index in [1.165, 1.54) is 0 Å². The Labute approximate surface area is 82.7 Å². The van der Waals surface area contributed by atoms with Crippen LogP contribution in [-0.4, -0.2) is 17.9 Å². The van der Waals surface area contributed by atoms with E-state index in [0.717, 1.165) is 11.4 Å². The minimum absolute atomic E-state index is 0.0838. The summed E-state index contributed by atoms with van der Waals surface area (Å²) in [6.07, 6.45) is 2.58. The molecule has 0 fully saturated rings. The van der Waals surface area contributed by atoms with Crippen LogP contribution >= 0.6 is 11.8 Å². The van der Waals surface area contributed by atoms with Gasteiger partial charge in [0, 0.05) is 17.9 Å². The zero-order valence-electron chi connectivity index (χ0n) is 7.62. The molecule has 1 aromatic carbocycles. The van der Waals surface area contributed by atoms with Crippen molar-refractivity contribution in [3.8, 4) is 0 Å². The number of carbonyl (C=O) groups is 1. The van der Waals surface area contributed by atoms with Crippen molar-refractivity contribution in [1.82, 2.24) is 0 Å². The zero-order valence-corrected chi connectivity index (χ0v) is 8.43. The quantitative estimate of drug-likeness (QED) is 0.799. The van der Waals surface area contributed by atoms with Crippen LogP contribution in [-0.2, 0) is 4.79 Å². The molecule has 1 amide bonds. The highest BCUT2D eigenvalue weighted by molar-refractivity contribution is 7.98. The summed E-state index contributed by atoms with van der Waals surface area (Å²) >= 11 is 1.68. The minimum Gasteiger partial charge on any atom is -0.326 e. The highest BCUT2D eigenvalue weighted by Gasteiger charge is 1.99. The monoisotopic (exact) mass is 195 g/mol. The molecule has 0 bridgehead atoms. The van der Waals surface area contributed by atoms with E-state index in [0.29, 0.717) is 6.42 Å². The van der Waals surface area contributed by atoms with Crippen molar-refractivity contribution >= 4 is 23.4 Å². The smallest absolute Gasteiger partial charge is 0.225 e. The molecule has 2 nitrogen and oxygen atoms in total. The highest BCUT2D eigenvalue weighted by Crippen LogP contribution is 2.06. The van der Waals surface area contributed by atoms with E-state index in [-0.39, 0.29) is 5.91 Å². The molecule has 0 saturated heterocycles. The average molecular weight is 195 g/mol. The van der Waals surface area contributed by atoms with Crippen LogP contribution in [0.1, 0.15) is 6.42 Å². The molecule has 0 heterocycles. The number of benzene rings is 1. The Morgan fingerprint density at radius 1 is 1.38 bits per heavy atom. The topological polar surface area (TPSA) is 29.1 Å². The fourth-order valence-electron chi connectivity index (χ4n) is 0.940. The predicted molar refractivity (Wildman–Crippen MR) is 58.1 cm³/mol. The lowest BCUT2D eigenvalue weighted by Gasteiger charge is -2.03. The molecule has 0 radical (unpaired) electrons. The molecule has 0 atom stereocenters. The molecule has 0 spiro atoms. The number of amides is 1. The van der Waals surface area contributed by atoms with Crippen LogP contribution in [0.25, 0.3) is 0 Å². The average Bonchev–Trinajstić information content (AvgIpc) is 2.16. The molecule has 0 aliphatic carbocycles. The number of hydrogen-bond acceptors (Lipinski definition) is 2. The number of anilines is 1. The molecule has 0 aromatic heterocycles. The Morgan fingerprint density at radius 3 is 2.69 bits per heavy atom. The molecular formula is C10H13NOS. The van der Waals surface area contributed by atoms with Gasteiger partial charge in [-0.3, -0.25) is 4.79 Å². The van der Waals surface area contributed by atoms with E-state index in [1.54, 1.807) is 11.8 Å². The third-order valence-corrected chi connectivity index (χ3v) is 2.20. The number of thioether (sulfide) groups is 1. The summed E-state index contributed by atoms with van der Waals surface area (Å²) in [6, 6.07) is 9.51. The van der Waals surface area contributed by atoms with Gasteiger partial charge in [-0.05, 0) is 18.4 Å². The molecule has 0 aliphatic rings. The van der Waals surface area contributed by atoms with Crippen LogP contribution in [0.5, 0.6) is 0 Å². The standard InChI is InChI=1S/C10H13NOS/c1-13-8-7-10(12)11-9-5-3-2-4-6-9/h2-6H,7-8H2,1H3,(H,11,12). The van der Waals surface area contributed by atoms with Gasteiger partial charge < -0.3 is 5.32 Å². The molecule has 0 saturated carbocycles. The normalized spacial score (nSPS) is 9.62. The molecule has 70 valence electrons. The van der Waals surface area contributed by atoms with Crippen molar-refractivity contribution < 1.29 is 4.79 Å². The lowest BCUT2D eigenvalue weighted by atomic mass is 10.3. The van der Waals surface area contributed by atoms with Gasteiger partial charge in [0.2, 0.25) is 5.91 Å². The number of hydrogen-bond donors (Lipinski definition) is 1. The van der Waals surface area contributed by atoms with Gasteiger partial charge in [0.25, 0.3) is 0 Å². The molecular weight excluding hydrogens is 182 g/mol. The van der Waals surface area contributed by atoms with Crippen molar-refractivity contribution in [2.24, 2.45) is 0 Å². The van der Waals surface area contributed by atoms with Crippen LogP contribution in [0.3, 0.4) is 0 Å². The summed E-state index contributed by atoms with van der Waals surface area (Å²) < 4.78 is 0. The minimum atomic E-state index is 0.0838. The second kappa shape index (κ2) is 5.65. The third kappa shape index (κ3) is 3.99. The van der Waals surface area contributed by atoms with Crippen molar-refractivity contribution in [2.45, 2.75) is 6.42 Å². The van der Waals surface area contributed by atoms with Gasteiger partial charge in [0.05, 0.1) is 0 Å². The Kier molecular flexibility index (Phi) is 4.40. The number of carbonyl (C=O) groups excluding carboxylic acids is 1. The van der Waals surface area contributed by atoms with Crippen LogP contribution in [0.15, 0.2) is 30.3 Å². The maximum atomic E-state index is 11.2. The first-order chi connectivity index (χ1) is 6.33. The van der Waals surface area contributed by atoms with Crippen molar-refractivity contribution in [3.63, 3.8) is 0 Å². The first-order valence-electron chi connectivity index (χ1n) is 4.17. The van der Waals surface area contributed by atoms with Gasteiger partial charge in [0.1, 0.15) is 0 Å². The summed E-state index contributed by atoms with van der Waals surface area (Å²) in [4.78, 5) is 11.2. The summed E-state index contributed by atoms with van der Waals surface area (Å²) in [5.74, 6) is 0.958. The largest absolute Gasteiger partial charge is 0.326 e. The molecule has 1 N–H and O–H groups in total. The third-order valence-electron chi connectivity index (χ3n) is 1.59. The second-order valence-corrected chi connectivity index (χ2v) is 3.64. The Hall–Kier alpha value is -0.960. The predicted octanol–water partition coefficient (Wildman–Crippen LogP) is 2.38. The van der Waals surface area contributed by atoms with Gasteiger partial charge >= 0.3 is 0 Å². The first kappa shape index (κ1) is 10.1. The first-order valence-corrected chi connectivity index (χ1v) is 5.56. The lowest BCUT2D eigenvalue weighted by molar-refractivity contribution is -0.115. The van der Waals surface area contributed by atoms with Crippen LogP contribution in [0, 0.1) is 0 Å². The Balaban J connectivity index is 2.37. The molecule has 13 heavy (non-hydrogen) atoms. The van der Waals surface area contributed by atoms with Gasteiger partial charge in [-0.25, -0.2) is 0 Å². The fraction of sp³-hybridized carbons (Fsp3) is 0.300. The van der Waals surface area contributed by atoms with E-state index in [2.05, 4.69) is 5.32 Å². The van der Waals surface area contributed by atoms with Gasteiger partial charge in [-0.1, -0.05) is 18.2 Å². The second-order valence-electron chi connectivity index (χ2n) is 2.66. The van der Waals surface area contributed by atoms with E-state index in [1.807, 2.05) is 36.6 Å². The SMILES string of the molecule is CSCCC(=O)Nc1ccccc1. The van der Waals surface area contributed by atoms with E-state index in [4.69, 9.17) is 0 Å². The van der Waals surface area contributed by atoms with E-state index < -0.39 is 0 Å². The van der Waals surface area contributed by atoms with Crippen molar-refractivity contribution in [1.29, 1.82) is 0 Å². The summed E-state index contributed by atoms with van der Waals surface area (Å²) in [5.41, 5.74) is 0.869. The molecule has 1 rings (SSSR count). The van der Waals surface area contributed by atoms with Crippen molar-refractivity contribution in [3.05, 3.63) is 30.3 Å². The summed E-state index contributed by atoms with van der Waals surface area (Å²) in [5, 5.41) is 2.82. The van der Waals surface area contributed by atoms with Gasteiger partial charge in [-0.2, -0.15) is 11.8 Å². The maximum Gasteiger partial charge on any atom is 0.225 e. The molecule has 3 heteroatoms. The molecule has 0 unspecified atom stereocenters. The van der Waals surface area contributed by atoms with Gasteiger partial charge in [-0.15, -0.1) is 0 Å². The maximum absolute atomic E-state index is 11.2. The zero-order chi connectivity index (χ0) is 9.52. The number of para-hydroxylation sites is 1. The van der Waals surface area contributed by atoms with E-state index >= 15 is 0 Å². The van der Waals surface area contributed by atoms with Crippen LogP contribution in [0.4, 0.5) is 5.69 Å². The van der Waals surface area contributed by atoms with Crippen LogP contribution in [0.2, 0.25) is 0 Å². The number of nitrogens with one attached hydrogen (secondary N) is 1. The van der Waals surface area contributed by atoms with Crippen LogP contribution < -0.4 is 5.32 Å². The Bertz CT molecular complexity index is 261. The highest BCUT2D eigenvalue weighted by atomic mass is 32.2. The summed E-state index contributed by atoms with van der Waals surface area (Å²) in [6.45, 7) is 0. The molecule has 1 aromatic rings. The Morgan fingerprint density at radius 2 is 2.08 bits per heavy atom. The summed E-state index contributed by atoms with van der Waals surface area (Å²) in [7, 11) is 0. The molecule has 0 aliphatic heterocycles. The van der Waals surface area contributed by atoms with Gasteiger partial charge in [0.15, 0.2) is 0 Å². The van der Waals surface area contributed by atoms with E-state index in [9.17, 15) is 4.79 Å². The van der Waals surface area contributed by atoms with Crippen molar-refractivity contribution in [2.75, 3.05) is 17.3 Å². The fourth-order valence-corrected chi connectivity index (χ4v) is 1.33. The number of rotatable bonds is 4.